The van der Waals surface area contributed by atoms with Crippen LogP contribution in [0.1, 0.15) is 45.7 Å². The van der Waals surface area contributed by atoms with E-state index in [2.05, 4.69) is 34.6 Å². The first kappa shape index (κ1) is 14.0. The smallest absolute Gasteiger partial charge is 0.165 e. The lowest BCUT2D eigenvalue weighted by atomic mass is 9.86. The minimum atomic E-state index is -0.254. The average molecular weight is 238 g/mol. The van der Waals surface area contributed by atoms with Crippen LogP contribution in [0, 0.1) is 18.7 Å². The molecule has 0 aliphatic rings. The number of benzene rings is 1. The number of hydrogen-bond acceptors (Lipinski definition) is 1. The molecule has 1 rings (SSSR count). The summed E-state index contributed by atoms with van der Waals surface area (Å²) < 4.78 is 19.5. The van der Waals surface area contributed by atoms with Gasteiger partial charge < -0.3 is 4.74 Å². The zero-order valence-corrected chi connectivity index (χ0v) is 11.7. The molecule has 0 amide bonds. The van der Waals surface area contributed by atoms with E-state index in [-0.39, 0.29) is 11.2 Å². The van der Waals surface area contributed by atoms with Gasteiger partial charge in [-0.15, -0.1) is 0 Å². The SMILES string of the molecule is Cc1cc(C(C)(C)C)cc(F)c1OCC(C)C. The maximum atomic E-state index is 14.0. The van der Waals surface area contributed by atoms with Crippen molar-refractivity contribution in [3.05, 3.63) is 29.1 Å². The molecule has 0 saturated heterocycles. The molecule has 0 aliphatic carbocycles. The highest BCUT2D eigenvalue weighted by Crippen LogP contribution is 2.30. The summed E-state index contributed by atoms with van der Waals surface area (Å²) in [5, 5.41) is 0. The van der Waals surface area contributed by atoms with Crippen molar-refractivity contribution < 1.29 is 9.13 Å². The van der Waals surface area contributed by atoms with Crippen LogP contribution in [0.5, 0.6) is 5.75 Å². The molecule has 2 heteroatoms. The Labute approximate surface area is 104 Å². The molecule has 1 aromatic carbocycles. The fourth-order valence-corrected chi connectivity index (χ4v) is 1.60. The zero-order valence-electron chi connectivity index (χ0n) is 11.7. The Balaban J connectivity index is 3.03. The Kier molecular flexibility index (Phi) is 4.18. The van der Waals surface area contributed by atoms with Crippen molar-refractivity contribution in [2.75, 3.05) is 6.61 Å². The summed E-state index contributed by atoms with van der Waals surface area (Å²) in [6, 6.07) is 3.60. The van der Waals surface area contributed by atoms with Crippen molar-refractivity contribution in [1.82, 2.24) is 0 Å². The maximum absolute atomic E-state index is 14.0. The summed E-state index contributed by atoms with van der Waals surface area (Å²) in [6.07, 6.45) is 0. The minimum absolute atomic E-state index is 0.0395. The Morgan fingerprint density at radius 2 is 1.82 bits per heavy atom. The summed E-state index contributed by atoms with van der Waals surface area (Å²) in [5.41, 5.74) is 1.84. The van der Waals surface area contributed by atoms with E-state index in [0.717, 1.165) is 11.1 Å². The fourth-order valence-electron chi connectivity index (χ4n) is 1.60. The molecule has 0 fully saturated rings. The molecule has 96 valence electrons. The molecule has 0 radical (unpaired) electrons. The molecule has 0 aromatic heterocycles. The Morgan fingerprint density at radius 1 is 1.24 bits per heavy atom. The van der Waals surface area contributed by atoms with Gasteiger partial charge in [-0.2, -0.15) is 0 Å². The first-order valence-corrected chi connectivity index (χ1v) is 6.15. The van der Waals surface area contributed by atoms with Crippen molar-refractivity contribution in [2.24, 2.45) is 5.92 Å². The standard InChI is InChI=1S/C15H23FO/c1-10(2)9-17-14-11(3)7-12(8-13(14)16)15(4,5)6/h7-8,10H,9H2,1-6H3. The lowest BCUT2D eigenvalue weighted by Gasteiger charge is -2.21. The van der Waals surface area contributed by atoms with Crippen molar-refractivity contribution in [3.8, 4) is 5.75 Å². The second kappa shape index (κ2) is 5.07. The predicted molar refractivity (Wildman–Crippen MR) is 70.2 cm³/mol. The van der Waals surface area contributed by atoms with Crippen molar-refractivity contribution in [1.29, 1.82) is 0 Å². The van der Waals surface area contributed by atoms with Gasteiger partial charge in [-0.25, -0.2) is 4.39 Å². The summed E-state index contributed by atoms with van der Waals surface area (Å²) in [4.78, 5) is 0. The van der Waals surface area contributed by atoms with Crippen molar-refractivity contribution >= 4 is 0 Å². The van der Waals surface area contributed by atoms with E-state index in [1.807, 2.05) is 13.0 Å². The highest BCUT2D eigenvalue weighted by molar-refractivity contribution is 5.40. The van der Waals surface area contributed by atoms with Crippen LogP contribution < -0.4 is 4.74 Å². The van der Waals surface area contributed by atoms with Crippen LogP contribution in [-0.4, -0.2) is 6.61 Å². The van der Waals surface area contributed by atoms with E-state index in [9.17, 15) is 4.39 Å². The monoisotopic (exact) mass is 238 g/mol. The van der Waals surface area contributed by atoms with Gasteiger partial charge >= 0.3 is 0 Å². The van der Waals surface area contributed by atoms with Crippen LogP contribution in [0.15, 0.2) is 12.1 Å². The molecular weight excluding hydrogens is 215 g/mol. The molecule has 0 spiro atoms. The minimum Gasteiger partial charge on any atom is -0.490 e. The molecule has 0 unspecified atom stereocenters. The number of halogens is 1. The molecule has 0 saturated carbocycles. The summed E-state index contributed by atoms with van der Waals surface area (Å²) >= 11 is 0. The van der Waals surface area contributed by atoms with Crippen LogP contribution >= 0.6 is 0 Å². The maximum Gasteiger partial charge on any atom is 0.165 e. The van der Waals surface area contributed by atoms with Gasteiger partial charge in [0, 0.05) is 0 Å². The van der Waals surface area contributed by atoms with Gasteiger partial charge in [-0.1, -0.05) is 40.7 Å². The Hall–Kier alpha value is -1.05. The van der Waals surface area contributed by atoms with Crippen LogP contribution in [0.3, 0.4) is 0 Å². The predicted octanol–water partition coefficient (Wildman–Crippen LogP) is 4.47. The summed E-state index contributed by atoms with van der Waals surface area (Å²) in [7, 11) is 0. The van der Waals surface area contributed by atoms with Gasteiger partial charge in [0.05, 0.1) is 6.61 Å². The quantitative estimate of drug-likeness (QED) is 0.755. The normalized spacial score (nSPS) is 12.0. The van der Waals surface area contributed by atoms with E-state index in [0.29, 0.717) is 18.3 Å². The fraction of sp³-hybridized carbons (Fsp3) is 0.600. The molecular formula is C15H23FO. The average Bonchev–Trinajstić information content (AvgIpc) is 2.14. The number of ether oxygens (including phenoxy) is 1. The first-order chi connectivity index (χ1) is 7.71. The van der Waals surface area contributed by atoms with E-state index in [1.165, 1.54) is 0 Å². The molecule has 0 N–H and O–H groups in total. The van der Waals surface area contributed by atoms with Crippen LogP contribution in [0.2, 0.25) is 0 Å². The third-order valence-corrected chi connectivity index (χ3v) is 2.66. The summed E-state index contributed by atoms with van der Waals surface area (Å²) in [6.45, 7) is 12.8. The topological polar surface area (TPSA) is 9.23 Å². The van der Waals surface area contributed by atoms with E-state index < -0.39 is 0 Å². The second-order valence-electron chi connectivity index (χ2n) is 6.06. The lowest BCUT2D eigenvalue weighted by molar-refractivity contribution is 0.257. The van der Waals surface area contributed by atoms with Crippen molar-refractivity contribution in [3.63, 3.8) is 0 Å². The van der Waals surface area contributed by atoms with Gasteiger partial charge in [0.25, 0.3) is 0 Å². The van der Waals surface area contributed by atoms with Crippen LogP contribution in [-0.2, 0) is 5.41 Å². The number of rotatable bonds is 3. The molecule has 0 atom stereocenters. The number of hydrogen-bond donors (Lipinski definition) is 0. The van der Waals surface area contributed by atoms with Gasteiger partial charge in [-0.3, -0.25) is 0 Å². The molecule has 0 heterocycles. The third-order valence-electron chi connectivity index (χ3n) is 2.66. The molecule has 1 nitrogen and oxygen atoms in total. The van der Waals surface area contributed by atoms with Gasteiger partial charge in [0.2, 0.25) is 0 Å². The zero-order chi connectivity index (χ0) is 13.2. The van der Waals surface area contributed by atoms with E-state index in [4.69, 9.17) is 4.74 Å². The molecule has 0 aliphatic heterocycles. The lowest BCUT2D eigenvalue weighted by Crippen LogP contribution is -2.13. The second-order valence-corrected chi connectivity index (χ2v) is 6.06. The van der Waals surface area contributed by atoms with Gasteiger partial charge in [0.15, 0.2) is 11.6 Å². The van der Waals surface area contributed by atoms with E-state index in [1.54, 1.807) is 6.07 Å². The molecule has 17 heavy (non-hydrogen) atoms. The third kappa shape index (κ3) is 3.72. The largest absolute Gasteiger partial charge is 0.490 e. The van der Waals surface area contributed by atoms with Crippen LogP contribution in [0.4, 0.5) is 4.39 Å². The molecule has 0 bridgehead atoms. The van der Waals surface area contributed by atoms with E-state index >= 15 is 0 Å². The first-order valence-electron chi connectivity index (χ1n) is 6.15. The molecule has 1 aromatic rings. The van der Waals surface area contributed by atoms with Gasteiger partial charge in [0.1, 0.15) is 0 Å². The Bertz CT molecular complexity index is 365. The number of aryl methyl sites for hydroxylation is 1. The van der Waals surface area contributed by atoms with Gasteiger partial charge in [-0.05, 0) is 35.4 Å². The highest BCUT2D eigenvalue weighted by atomic mass is 19.1. The summed E-state index contributed by atoms with van der Waals surface area (Å²) in [5.74, 6) is 0.540. The van der Waals surface area contributed by atoms with Crippen molar-refractivity contribution in [2.45, 2.75) is 47.0 Å². The Morgan fingerprint density at radius 3 is 2.24 bits per heavy atom. The highest BCUT2D eigenvalue weighted by Gasteiger charge is 2.18. The van der Waals surface area contributed by atoms with Crippen LogP contribution in [0.25, 0.3) is 0 Å².